The van der Waals surface area contributed by atoms with Gasteiger partial charge < -0.3 is 9.47 Å². The summed E-state index contributed by atoms with van der Waals surface area (Å²) < 4.78 is 16.7. The highest BCUT2D eigenvalue weighted by Crippen LogP contribution is 2.35. The summed E-state index contributed by atoms with van der Waals surface area (Å²) in [4.78, 5) is 27.0. The monoisotopic (exact) mass is 410 g/mol. The summed E-state index contributed by atoms with van der Waals surface area (Å²) in [5.74, 6) is -0.323. The van der Waals surface area contributed by atoms with E-state index in [1.54, 1.807) is 17.0 Å². The molecule has 0 spiro atoms. The van der Waals surface area contributed by atoms with E-state index < -0.39 is 5.82 Å². The Labute approximate surface area is 175 Å². The largest absolute Gasteiger partial charge is 0.348 e. The van der Waals surface area contributed by atoms with Gasteiger partial charge in [-0.2, -0.15) is 0 Å². The fourth-order valence-electron chi connectivity index (χ4n) is 5.31. The zero-order chi connectivity index (χ0) is 20.7. The van der Waals surface area contributed by atoms with Gasteiger partial charge in [-0.15, -0.1) is 0 Å². The number of hydrogen-bond donors (Lipinski definition) is 2. The van der Waals surface area contributed by atoms with Crippen molar-refractivity contribution >= 4 is 11.8 Å². The smallest absolute Gasteiger partial charge is 0.257 e. The van der Waals surface area contributed by atoms with Gasteiger partial charge in [0.05, 0.1) is 12.1 Å². The topological polar surface area (TPSA) is 66.4 Å². The SMILES string of the molecule is O=C1NNC(Cc2ccc(F)c(C(=O)N3CCn4cccc4C3)c2)C2CCCCC12. The van der Waals surface area contributed by atoms with Gasteiger partial charge in [-0.25, -0.2) is 9.82 Å². The third-order valence-electron chi connectivity index (χ3n) is 6.94. The number of nitrogens with zero attached hydrogens (tertiary/aromatic N) is 2. The Hall–Kier alpha value is -2.67. The van der Waals surface area contributed by atoms with E-state index in [0.717, 1.165) is 43.5 Å². The molecule has 0 radical (unpaired) electrons. The lowest BCUT2D eigenvalue weighted by atomic mass is 9.72. The fourth-order valence-corrected chi connectivity index (χ4v) is 5.31. The second kappa shape index (κ2) is 7.87. The van der Waals surface area contributed by atoms with Crippen LogP contribution < -0.4 is 10.9 Å². The molecule has 1 saturated heterocycles. The second-order valence-corrected chi connectivity index (χ2v) is 8.73. The maximum Gasteiger partial charge on any atom is 0.257 e. The summed E-state index contributed by atoms with van der Waals surface area (Å²) in [6.07, 6.45) is 6.85. The molecule has 2 fully saturated rings. The van der Waals surface area contributed by atoms with Crippen LogP contribution in [-0.4, -0.2) is 33.9 Å². The second-order valence-electron chi connectivity index (χ2n) is 8.73. The van der Waals surface area contributed by atoms with Crippen molar-refractivity contribution in [3.05, 3.63) is 59.2 Å². The van der Waals surface area contributed by atoms with Crippen LogP contribution >= 0.6 is 0 Å². The molecule has 0 bridgehead atoms. The van der Waals surface area contributed by atoms with Gasteiger partial charge in [0, 0.05) is 36.9 Å². The Morgan fingerprint density at radius 2 is 2.03 bits per heavy atom. The lowest BCUT2D eigenvalue weighted by Gasteiger charge is -2.41. The molecule has 1 aliphatic carbocycles. The van der Waals surface area contributed by atoms with Gasteiger partial charge in [0.2, 0.25) is 5.91 Å². The molecule has 1 aromatic carbocycles. The zero-order valence-corrected chi connectivity index (χ0v) is 16.9. The molecule has 1 saturated carbocycles. The molecule has 2 N–H and O–H groups in total. The molecular formula is C23H27FN4O2. The van der Waals surface area contributed by atoms with E-state index in [0.29, 0.717) is 19.5 Å². The van der Waals surface area contributed by atoms with Crippen LogP contribution in [-0.2, 0) is 24.3 Å². The number of amides is 2. The van der Waals surface area contributed by atoms with Gasteiger partial charge in [0.1, 0.15) is 5.82 Å². The van der Waals surface area contributed by atoms with Crippen LogP contribution in [0.15, 0.2) is 36.5 Å². The molecule has 3 aliphatic rings. The maximum absolute atomic E-state index is 14.6. The number of carbonyl (C=O) groups is 2. The van der Waals surface area contributed by atoms with E-state index >= 15 is 0 Å². The van der Waals surface area contributed by atoms with Crippen molar-refractivity contribution in [2.75, 3.05) is 6.54 Å². The highest BCUT2D eigenvalue weighted by Gasteiger charge is 2.39. The minimum Gasteiger partial charge on any atom is -0.348 e. The van der Waals surface area contributed by atoms with Crippen LogP contribution in [0.5, 0.6) is 0 Å². The average molecular weight is 410 g/mol. The van der Waals surface area contributed by atoms with Crippen molar-refractivity contribution in [1.82, 2.24) is 20.3 Å². The molecule has 1 aromatic heterocycles. The van der Waals surface area contributed by atoms with Crippen molar-refractivity contribution in [1.29, 1.82) is 0 Å². The molecule has 2 aliphatic heterocycles. The van der Waals surface area contributed by atoms with Crippen LogP contribution in [0.2, 0.25) is 0 Å². The van der Waals surface area contributed by atoms with E-state index in [4.69, 9.17) is 0 Å². The summed E-state index contributed by atoms with van der Waals surface area (Å²) in [6, 6.07) is 8.91. The van der Waals surface area contributed by atoms with Crippen LogP contribution in [0.25, 0.3) is 0 Å². The first-order chi connectivity index (χ1) is 14.6. The van der Waals surface area contributed by atoms with Crippen molar-refractivity contribution in [2.24, 2.45) is 11.8 Å². The Balaban J connectivity index is 1.34. The van der Waals surface area contributed by atoms with E-state index in [1.165, 1.54) is 6.07 Å². The van der Waals surface area contributed by atoms with Gasteiger partial charge in [-0.1, -0.05) is 18.9 Å². The van der Waals surface area contributed by atoms with Crippen LogP contribution in [0, 0.1) is 17.7 Å². The molecule has 2 aromatic rings. The number of halogens is 1. The first-order valence-corrected chi connectivity index (χ1v) is 10.9. The summed E-state index contributed by atoms with van der Waals surface area (Å²) in [6.45, 7) is 1.80. The number of nitrogens with one attached hydrogen (secondary N) is 2. The van der Waals surface area contributed by atoms with Gasteiger partial charge in [-0.3, -0.25) is 15.0 Å². The Morgan fingerprint density at radius 1 is 1.17 bits per heavy atom. The van der Waals surface area contributed by atoms with Gasteiger partial charge in [0.15, 0.2) is 0 Å². The van der Waals surface area contributed by atoms with Crippen LogP contribution in [0.4, 0.5) is 4.39 Å². The number of hydrazine groups is 1. The van der Waals surface area contributed by atoms with Crippen LogP contribution in [0.1, 0.15) is 47.3 Å². The highest BCUT2D eigenvalue weighted by molar-refractivity contribution is 5.94. The fraction of sp³-hybridized carbons (Fsp3) is 0.478. The van der Waals surface area contributed by atoms with Crippen molar-refractivity contribution in [2.45, 2.75) is 51.2 Å². The molecule has 158 valence electrons. The summed E-state index contributed by atoms with van der Waals surface area (Å²) >= 11 is 0. The average Bonchev–Trinajstić information content (AvgIpc) is 3.24. The maximum atomic E-state index is 14.6. The zero-order valence-electron chi connectivity index (χ0n) is 16.9. The normalized spacial score (nSPS) is 26.0. The minimum atomic E-state index is -0.481. The third kappa shape index (κ3) is 3.51. The summed E-state index contributed by atoms with van der Waals surface area (Å²) in [5, 5.41) is 0. The quantitative estimate of drug-likeness (QED) is 0.818. The number of hydrogen-bond acceptors (Lipinski definition) is 3. The molecule has 6 nitrogen and oxygen atoms in total. The predicted octanol–water partition coefficient (Wildman–Crippen LogP) is 2.64. The van der Waals surface area contributed by atoms with Gasteiger partial charge >= 0.3 is 0 Å². The van der Waals surface area contributed by atoms with E-state index in [2.05, 4.69) is 15.4 Å². The summed E-state index contributed by atoms with van der Waals surface area (Å²) in [5.41, 5.74) is 8.09. The Morgan fingerprint density at radius 3 is 2.93 bits per heavy atom. The molecule has 2 amide bonds. The van der Waals surface area contributed by atoms with Crippen LogP contribution in [0.3, 0.4) is 0 Å². The Bertz CT molecular complexity index is 972. The minimum absolute atomic E-state index is 0.0520. The highest BCUT2D eigenvalue weighted by atomic mass is 19.1. The first-order valence-electron chi connectivity index (χ1n) is 10.9. The number of rotatable bonds is 3. The molecular weight excluding hydrogens is 383 g/mol. The lowest BCUT2D eigenvalue weighted by molar-refractivity contribution is -0.133. The molecule has 5 rings (SSSR count). The standard InChI is InChI=1S/C23H27FN4O2/c24-20-8-7-15(13-21-17-5-1-2-6-18(17)22(29)26-25-21)12-19(20)23(30)28-11-10-27-9-3-4-16(27)14-28/h3-4,7-9,12,17-18,21,25H,1-2,5-6,10-11,13-14H2,(H,26,29). The van der Waals surface area contributed by atoms with E-state index in [9.17, 15) is 14.0 Å². The molecule has 3 atom stereocenters. The van der Waals surface area contributed by atoms with Gasteiger partial charge in [0.25, 0.3) is 5.91 Å². The number of carbonyl (C=O) groups excluding carboxylic acids is 2. The molecule has 30 heavy (non-hydrogen) atoms. The molecule has 7 heteroatoms. The Kier molecular flexibility index (Phi) is 5.06. The summed E-state index contributed by atoms with van der Waals surface area (Å²) in [7, 11) is 0. The van der Waals surface area contributed by atoms with E-state index in [-0.39, 0.29) is 35.3 Å². The molecule has 3 heterocycles. The van der Waals surface area contributed by atoms with Crippen molar-refractivity contribution in [3.63, 3.8) is 0 Å². The number of aromatic nitrogens is 1. The predicted molar refractivity (Wildman–Crippen MR) is 110 cm³/mol. The number of fused-ring (bicyclic) bond motifs is 2. The van der Waals surface area contributed by atoms with E-state index in [1.807, 2.05) is 18.3 Å². The number of benzene rings is 1. The lowest BCUT2D eigenvalue weighted by Crippen LogP contribution is -2.60. The van der Waals surface area contributed by atoms with Gasteiger partial charge in [-0.05, 0) is 55.0 Å². The third-order valence-corrected chi connectivity index (χ3v) is 6.94. The molecule has 3 unspecified atom stereocenters. The van der Waals surface area contributed by atoms with Crippen molar-refractivity contribution in [3.8, 4) is 0 Å². The van der Waals surface area contributed by atoms with Crippen molar-refractivity contribution < 1.29 is 14.0 Å². The first kappa shape index (κ1) is 19.3.